The lowest BCUT2D eigenvalue weighted by Gasteiger charge is -2.37. The van der Waals surface area contributed by atoms with E-state index in [4.69, 9.17) is 5.11 Å². The molecule has 2 rings (SSSR count). The predicted octanol–water partition coefficient (Wildman–Crippen LogP) is -0.325. The van der Waals surface area contributed by atoms with Crippen LogP contribution in [0.15, 0.2) is 0 Å². The van der Waals surface area contributed by atoms with Gasteiger partial charge >= 0.3 is 0 Å². The van der Waals surface area contributed by atoms with Gasteiger partial charge in [-0.3, -0.25) is 9.69 Å². The van der Waals surface area contributed by atoms with Crippen molar-refractivity contribution in [3.05, 3.63) is 0 Å². The molecule has 2 aliphatic heterocycles. The van der Waals surface area contributed by atoms with Crippen LogP contribution in [0.3, 0.4) is 0 Å². The maximum absolute atomic E-state index is 11.4. The van der Waals surface area contributed by atoms with E-state index in [9.17, 15) is 4.79 Å². The molecule has 14 heavy (non-hydrogen) atoms. The SMILES string of the molecule is O=C1CCC2CN(CCCO)CCN12. The van der Waals surface area contributed by atoms with Crippen LogP contribution in [0.25, 0.3) is 0 Å². The number of aliphatic hydroxyl groups is 1. The van der Waals surface area contributed by atoms with Crippen LogP contribution in [0, 0.1) is 0 Å². The van der Waals surface area contributed by atoms with E-state index in [1.165, 1.54) is 0 Å². The zero-order valence-electron chi connectivity index (χ0n) is 8.48. The first kappa shape index (κ1) is 9.93. The number of amides is 1. The number of piperazine rings is 1. The summed E-state index contributed by atoms with van der Waals surface area (Å²) in [6.45, 7) is 4.10. The summed E-state index contributed by atoms with van der Waals surface area (Å²) in [5.74, 6) is 0.330. The first-order valence-corrected chi connectivity index (χ1v) is 5.44. The van der Waals surface area contributed by atoms with Crippen molar-refractivity contribution >= 4 is 5.91 Å². The third-order valence-electron chi connectivity index (χ3n) is 3.21. The van der Waals surface area contributed by atoms with Gasteiger partial charge in [0.2, 0.25) is 5.91 Å². The van der Waals surface area contributed by atoms with Gasteiger partial charge in [0.15, 0.2) is 0 Å². The summed E-state index contributed by atoms with van der Waals surface area (Å²) in [6, 6.07) is 0.454. The molecule has 0 aromatic carbocycles. The lowest BCUT2D eigenvalue weighted by Crippen LogP contribution is -2.51. The van der Waals surface area contributed by atoms with E-state index >= 15 is 0 Å². The van der Waals surface area contributed by atoms with Crippen LogP contribution in [-0.2, 0) is 4.79 Å². The molecule has 2 heterocycles. The minimum absolute atomic E-state index is 0.268. The van der Waals surface area contributed by atoms with Crippen LogP contribution in [0.4, 0.5) is 0 Å². The van der Waals surface area contributed by atoms with Crippen LogP contribution in [0.2, 0.25) is 0 Å². The summed E-state index contributed by atoms with van der Waals surface area (Å²) in [7, 11) is 0. The maximum Gasteiger partial charge on any atom is 0.222 e. The summed E-state index contributed by atoms with van der Waals surface area (Å²) in [5.41, 5.74) is 0. The second kappa shape index (κ2) is 4.28. The Morgan fingerprint density at radius 1 is 1.43 bits per heavy atom. The molecule has 0 aliphatic carbocycles. The summed E-state index contributed by atoms with van der Waals surface area (Å²) < 4.78 is 0. The van der Waals surface area contributed by atoms with E-state index < -0.39 is 0 Å². The Balaban J connectivity index is 1.83. The second-order valence-electron chi connectivity index (χ2n) is 4.16. The zero-order valence-corrected chi connectivity index (χ0v) is 8.48. The van der Waals surface area contributed by atoms with Gasteiger partial charge in [-0.15, -0.1) is 0 Å². The first-order valence-electron chi connectivity index (χ1n) is 5.44. The third kappa shape index (κ3) is 1.91. The lowest BCUT2D eigenvalue weighted by molar-refractivity contribution is -0.130. The monoisotopic (exact) mass is 198 g/mol. The summed E-state index contributed by atoms with van der Waals surface area (Å²) >= 11 is 0. The van der Waals surface area contributed by atoms with Gasteiger partial charge in [-0.25, -0.2) is 0 Å². The van der Waals surface area contributed by atoms with E-state index in [1.807, 2.05) is 4.90 Å². The van der Waals surface area contributed by atoms with Crippen molar-refractivity contribution in [2.75, 3.05) is 32.8 Å². The highest BCUT2D eigenvalue weighted by Gasteiger charge is 2.34. The molecule has 4 heteroatoms. The van der Waals surface area contributed by atoms with Gasteiger partial charge in [0.1, 0.15) is 0 Å². The molecular formula is C10H18N2O2. The van der Waals surface area contributed by atoms with Gasteiger partial charge in [0, 0.05) is 45.2 Å². The Bertz CT molecular complexity index is 220. The number of carbonyl (C=O) groups excluding carboxylic acids is 1. The molecule has 1 unspecified atom stereocenters. The minimum Gasteiger partial charge on any atom is -0.396 e. The van der Waals surface area contributed by atoms with Crippen molar-refractivity contribution in [1.82, 2.24) is 9.80 Å². The molecule has 0 aromatic heterocycles. The highest BCUT2D eigenvalue weighted by Crippen LogP contribution is 2.22. The van der Waals surface area contributed by atoms with Crippen molar-refractivity contribution in [3.63, 3.8) is 0 Å². The minimum atomic E-state index is 0.268. The number of carbonyl (C=O) groups is 1. The molecule has 2 saturated heterocycles. The number of nitrogens with zero attached hydrogens (tertiary/aromatic N) is 2. The number of hydrogen-bond acceptors (Lipinski definition) is 3. The average Bonchev–Trinajstić information content (AvgIpc) is 2.57. The maximum atomic E-state index is 11.4. The largest absolute Gasteiger partial charge is 0.396 e. The molecule has 1 atom stereocenters. The number of aliphatic hydroxyl groups excluding tert-OH is 1. The molecule has 0 radical (unpaired) electrons. The molecule has 0 spiro atoms. The van der Waals surface area contributed by atoms with Crippen LogP contribution >= 0.6 is 0 Å². The molecule has 0 aromatic rings. The third-order valence-corrected chi connectivity index (χ3v) is 3.21. The van der Waals surface area contributed by atoms with Crippen molar-refractivity contribution in [3.8, 4) is 0 Å². The van der Waals surface area contributed by atoms with Gasteiger partial charge in [-0.1, -0.05) is 0 Å². The Morgan fingerprint density at radius 3 is 3.07 bits per heavy atom. The number of fused-ring (bicyclic) bond motifs is 1. The summed E-state index contributed by atoms with van der Waals surface area (Å²) in [6.07, 6.45) is 2.60. The normalized spacial score (nSPS) is 28.2. The zero-order chi connectivity index (χ0) is 9.97. The molecule has 1 amide bonds. The summed E-state index contributed by atoms with van der Waals surface area (Å²) in [5, 5.41) is 8.74. The van der Waals surface area contributed by atoms with Crippen molar-refractivity contribution < 1.29 is 9.90 Å². The molecule has 0 bridgehead atoms. The van der Waals surface area contributed by atoms with Gasteiger partial charge in [-0.2, -0.15) is 0 Å². The average molecular weight is 198 g/mol. The van der Waals surface area contributed by atoms with Crippen molar-refractivity contribution in [1.29, 1.82) is 0 Å². The topological polar surface area (TPSA) is 43.8 Å². The van der Waals surface area contributed by atoms with Gasteiger partial charge < -0.3 is 10.0 Å². The first-order chi connectivity index (χ1) is 6.81. The molecule has 4 nitrogen and oxygen atoms in total. The second-order valence-corrected chi connectivity index (χ2v) is 4.16. The van der Waals surface area contributed by atoms with Gasteiger partial charge in [0.05, 0.1) is 0 Å². The lowest BCUT2D eigenvalue weighted by atomic mass is 10.1. The molecule has 1 N–H and O–H groups in total. The highest BCUT2D eigenvalue weighted by atomic mass is 16.3. The summed E-state index contributed by atoms with van der Waals surface area (Å²) in [4.78, 5) is 15.8. The molecule has 0 saturated carbocycles. The smallest absolute Gasteiger partial charge is 0.222 e. The van der Waals surface area contributed by atoms with Gasteiger partial charge in [-0.05, 0) is 12.8 Å². The van der Waals surface area contributed by atoms with E-state index in [2.05, 4.69) is 4.90 Å². The Kier molecular flexibility index (Phi) is 3.03. The fourth-order valence-corrected chi connectivity index (χ4v) is 2.43. The molecule has 2 fully saturated rings. The van der Waals surface area contributed by atoms with Gasteiger partial charge in [0.25, 0.3) is 0 Å². The Labute approximate surface area is 84.5 Å². The molecule has 80 valence electrons. The standard InChI is InChI=1S/C10H18N2O2/c13-7-1-4-11-5-6-12-9(8-11)2-3-10(12)14/h9,13H,1-8H2. The van der Waals surface area contributed by atoms with Crippen LogP contribution in [0.1, 0.15) is 19.3 Å². The highest BCUT2D eigenvalue weighted by molar-refractivity contribution is 5.78. The fraction of sp³-hybridized carbons (Fsp3) is 0.900. The quantitative estimate of drug-likeness (QED) is 0.675. The van der Waals surface area contributed by atoms with Crippen LogP contribution in [0.5, 0.6) is 0 Å². The molecular weight excluding hydrogens is 180 g/mol. The van der Waals surface area contributed by atoms with Crippen LogP contribution in [-0.4, -0.2) is 59.6 Å². The Hall–Kier alpha value is -0.610. The molecule has 2 aliphatic rings. The van der Waals surface area contributed by atoms with Crippen LogP contribution < -0.4 is 0 Å². The van der Waals surface area contributed by atoms with E-state index in [0.717, 1.165) is 45.4 Å². The Morgan fingerprint density at radius 2 is 2.29 bits per heavy atom. The predicted molar refractivity (Wildman–Crippen MR) is 52.9 cm³/mol. The van der Waals surface area contributed by atoms with E-state index in [1.54, 1.807) is 0 Å². The van der Waals surface area contributed by atoms with Crippen molar-refractivity contribution in [2.45, 2.75) is 25.3 Å². The van der Waals surface area contributed by atoms with E-state index in [-0.39, 0.29) is 6.61 Å². The van der Waals surface area contributed by atoms with E-state index in [0.29, 0.717) is 11.9 Å². The number of hydrogen-bond donors (Lipinski definition) is 1. The number of rotatable bonds is 3. The fourth-order valence-electron chi connectivity index (χ4n) is 2.43. The van der Waals surface area contributed by atoms with Crippen molar-refractivity contribution in [2.24, 2.45) is 0 Å².